The molecule has 0 unspecified atom stereocenters. The van der Waals surface area contributed by atoms with Gasteiger partial charge in [-0.1, -0.05) is 5.16 Å². The van der Waals surface area contributed by atoms with E-state index >= 15 is 0 Å². The summed E-state index contributed by atoms with van der Waals surface area (Å²) >= 11 is 0. The molecule has 1 aromatic heterocycles. The first kappa shape index (κ1) is 19.5. The summed E-state index contributed by atoms with van der Waals surface area (Å²) in [7, 11) is 0. The summed E-state index contributed by atoms with van der Waals surface area (Å²) in [6, 6.07) is 7.49. The van der Waals surface area contributed by atoms with Crippen molar-refractivity contribution in [3.63, 3.8) is 0 Å². The van der Waals surface area contributed by atoms with Gasteiger partial charge in [0.1, 0.15) is 13.1 Å². The maximum absolute atomic E-state index is 11.9. The van der Waals surface area contributed by atoms with E-state index in [2.05, 4.69) is 5.16 Å². The Morgan fingerprint density at radius 1 is 1.04 bits per heavy atom. The summed E-state index contributed by atoms with van der Waals surface area (Å²) in [5.41, 5.74) is 3.32. The molecule has 0 bridgehead atoms. The molecule has 0 N–H and O–H groups in total. The number of carbonyl (C=O) groups is 2. The highest BCUT2D eigenvalue weighted by Crippen LogP contribution is 2.27. The molecule has 140 valence electrons. The Bertz CT molecular complexity index is 749. The predicted octanol–water partition coefficient (Wildman–Crippen LogP) is 2.89. The van der Waals surface area contributed by atoms with Crippen LogP contribution < -0.4 is 4.90 Å². The Kier molecular flexibility index (Phi) is 6.77. The van der Waals surface area contributed by atoms with E-state index in [-0.39, 0.29) is 26.3 Å². The normalized spacial score (nSPS) is 10.5. The SMILES string of the molecule is CCOC(=O)CN(CC(=O)OCC)c1ccc(-c2cc(C)no2)cc1C. The van der Waals surface area contributed by atoms with Crippen LogP contribution in [0.25, 0.3) is 11.3 Å². The minimum atomic E-state index is -0.397. The fraction of sp³-hybridized carbons (Fsp3) is 0.421. The van der Waals surface area contributed by atoms with Gasteiger partial charge < -0.3 is 18.9 Å². The van der Waals surface area contributed by atoms with Crippen LogP contribution in [-0.4, -0.2) is 43.4 Å². The molecule has 7 heteroatoms. The number of nitrogens with zero attached hydrogens (tertiary/aromatic N) is 2. The highest BCUT2D eigenvalue weighted by molar-refractivity contribution is 5.82. The van der Waals surface area contributed by atoms with Crippen molar-refractivity contribution in [1.29, 1.82) is 0 Å². The fourth-order valence-electron chi connectivity index (χ4n) is 2.61. The van der Waals surface area contributed by atoms with Gasteiger partial charge in [-0.15, -0.1) is 0 Å². The second-order valence-electron chi connectivity index (χ2n) is 5.80. The van der Waals surface area contributed by atoms with Crippen LogP contribution in [0.1, 0.15) is 25.1 Å². The Labute approximate surface area is 152 Å². The summed E-state index contributed by atoms with van der Waals surface area (Å²) in [6.45, 7) is 7.76. The first-order chi connectivity index (χ1) is 12.4. The molecular weight excluding hydrogens is 336 g/mol. The van der Waals surface area contributed by atoms with Gasteiger partial charge in [0, 0.05) is 17.3 Å². The van der Waals surface area contributed by atoms with E-state index in [0.717, 1.165) is 22.5 Å². The van der Waals surface area contributed by atoms with Crippen LogP contribution in [0.2, 0.25) is 0 Å². The van der Waals surface area contributed by atoms with E-state index in [4.69, 9.17) is 14.0 Å². The van der Waals surface area contributed by atoms with Crippen molar-refractivity contribution in [2.75, 3.05) is 31.2 Å². The molecule has 2 rings (SSSR count). The molecule has 0 aliphatic heterocycles. The highest BCUT2D eigenvalue weighted by Gasteiger charge is 2.19. The van der Waals surface area contributed by atoms with Crippen molar-refractivity contribution in [2.45, 2.75) is 27.7 Å². The maximum atomic E-state index is 11.9. The van der Waals surface area contributed by atoms with E-state index in [1.807, 2.05) is 38.1 Å². The number of anilines is 1. The van der Waals surface area contributed by atoms with Crippen LogP contribution in [-0.2, 0) is 19.1 Å². The second kappa shape index (κ2) is 9.03. The van der Waals surface area contributed by atoms with E-state index < -0.39 is 11.9 Å². The zero-order chi connectivity index (χ0) is 19.1. The Balaban J connectivity index is 2.27. The van der Waals surface area contributed by atoms with Crippen molar-refractivity contribution in [1.82, 2.24) is 5.16 Å². The fourth-order valence-corrected chi connectivity index (χ4v) is 2.61. The van der Waals surface area contributed by atoms with Crippen LogP contribution in [0.5, 0.6) is 0 Å². The van der Waals surface area contributed by atoms with Crippen LogP contribution in [0.3, 0.4) is 0 Å². The number of carbonyl (C=O) groups excluding carboxylic acids is 2. The third-order valence-electron chi connectivity index (χ3n) is 3.70. The molecule has 0 radical (unpaired) electrons. The maximum Gasteiger partial charge on any atom is 0.325 e. The lowest BCUT2D eigenvalue weighted by molar-refractivity contribution is -0.142. The third kappa shape index (κ3) is 5.08. The molecule has 0 amide bonds. The van der Waals surface area contributed by atoms with Crippen molar-refractivity contribution < 1.29 is 23.6 Å². The summed E-state index contributed by atoms with van der Waals surface area (Å²) < 4.78 is 15.3. The van der Waals surface area contributed by atoms with Crippen molar-refractivity contribution in [2.24, 2.45) is 0 Å². The number of rotatable bonds is 8. The topological polar surface area (TPSA) is 81.9 Å². The molecular formula is C19H24N2O5. The van der Waals surface area contributed by atoms with Crippen LogP contribution >= 0.6 is 0 Å². The Morgan fingerprint density at radius 3 is 2.12 bits per heavy atom. The van der Waals surface area contributed by atoms with Gasteiger partial charge in [-0.25, -0.2) is 0 Å². The second-order valence-corrected chi connectivity index (χ2v) is 5.80. The molecule has 7 nitrogen and oxygen atoms in total. The van der Waals surface area contributed by atoms with Gasteiger partial charge in [0.2, 0.25) is 0 Å². The molecule has 0 fully saturated rings. The van der Waals surface area contributed by atoms with Gasteiger partial charge in [-0.3, -0.25) is 9.59 Å². The van der Waals surface area contributed by atoms with Crippen LogP contribution in [0.4, 0.5) is 5.69 Å². The summed E-state index contributed by atoms with van der Waals surface area (Å²) in [5, 5.41) is 3.89. The molecule has 1 aromatic carbocycles. The van der Waals surface area contributed by atoms with Gasteiger partial charge in [0.05, 0.1) is 18.9 Å². The number of esters is 2. The zero-order valence-electron chi connectivity index (χ0n) is 15.6. The number of hydrogen-bond acceptors (Lipinski definition) is 7. The first-order valence-corrected chi connectivity index (χ1v) is 8.55. The number of aromatic nitrogens is 1. The molecule has 0 saturated carbocycles. The monoisotopic (exact) mass is 360 g/mol. The standard InChI is InChI=1S/C19H24N2O5/c1-5-24-18(22)11-21(12-19(23)25-6-2)16-8-7-15(9-13(16)3)17-10-14(4)20-26-17/h7-10H,5-6,11-12H2,1-4H3. The number of ether oxygens (including phenoxy) is 2. The minimum absolute atomic E-state index is 0.0335. The number of aryl methyl sites for hydroxylation is 2. The van der Waals surface area contributed by atoms with Gasteiger partial charge in [-0.2, -0.15) is 0 Å². The zero-order valence-corrected chi connectivity index (χ0v) is 15.6. The average molecular weight is 360 g/mol. The number of benzene rings is 1. The van der Waals surface area contributed by atoms with Crippen molar-refractivity contribution in [3.05, 3.63) is 35.5 Å². The molecule has 0 aliphatic rings. The smallest absolute Gasteiger partial charge is 0.325 e. The first-order valence-electron chi connectivity index (χ1n) is 8.55. The third-order valence-corrected chi connectivity index (χ3v) is 3.70. The highest BCUT2D eigenvalue weighted by atomic mass is 16.5. The molecule has 0 saturated heterocycles. The quantitative estimate of drug-likeness (QED) is 0.669. The average Bonchev–Trinajstić information content (AvgIpc) is 3.01. The van der Waals surface area contributed by atoms with Crippen LogP contribution in [0.15, 0.2) is 28.8 Å². The lowest BCUT2D eigenvalue weighted by Gasteiger charge is -2.24. The van der Waals surface area contributed by atoms with E-state index in [1.54, 1.807) is 18.7 Å². The molecule has 0 spiro atoms. The molecule has 0 atom stereocenters. The van der Waals surface area contributed by atoms with Crippen LogP contribution in [0, 0.1) is 13.8 Å². The van der Waals surface area contributed by atoms with Gasteiger partial charge >= 0.3 is 11.9 Å². The van der Waals surface area contributed by atoms with E-state index in [0.29, 0.717) is 5.76 Å². The van der Waals surface area contributed by atoms with Gasteiger partial charge in [0.15, 0.2) is 5.76 Å². The van der Waals surface area contributed by atoms with Crippen molar-refractivity contribution >= 4 is 17.6 Å². The lowest BCUT2D eigenvalue weighted by atomic mass is 10.1. The summed E-state index contributed by atoms with van der Waals surface area (Å²) in [6.07, 6.45) is 0. The summed E-state index contributed by atoms with van der Waals surface area (Å²) in [4.78, 5) is 25.5. The molecule has 26 heavy (non-hydrogen) atoms. The van der Waals surface area contributed by atoms with Crippen molar-refractivity contribution in [3.8, 4) is 11.3 Å². The Hall–Kier alpha value is -2.83. The van der Waals surface area contributed by atoms with Gasteiger partial charge in [0.25, 0.3) is 0 Å². The molecule has 2 aromatic rings. The Morgan fingerprint density at radius 2 is 1.65 bits per heavy atom. The van der Waals surface area contributed by atoms with Gasteiger partial charge in [-0.05, 0) is 51.5 Å². The predicted molar refractivity (Wildman–Crippen MR) is 96.9 cm³/mol. The van der Waals surface area contributed by atoms with E-state index in [1.165, 1.54) is 0 Å². The molecule has 1 heterocycles. The van der Waals surface area contributed by atoms with E-state index in [9.17, 15) is 9.59 Å². The molecule has 0 aliphatic carbocycles. The summed E-state index contributed by atoms with van der Waals surface area (Å²) in [5.74, 6) is -0.128. The minimum Gasteiger partial charge on any atom is -0.465 e. The number of hydrogen-bond donors (Lipinski definition) is 0. The largest absolute Gasteiger partial charge is 0.465 e. The lowest BCUT2D eigenvalue weighted by Crippen LogP contribution is -2.36.